The SMILES string of the molecule is CCc1ccc(NC(N)=NCc2coc(-c3ccc(C)cc3)n2)cc1.I. The van der Waals surface area contributed by atoms with Crippen molar-refractivity contribution in [2.45, 2.75) is 26.8 Å². The second kappa shape index (κ2) is 9.38. The van der Waals surface area contributed by atoms with Gasteiger partial charge in [0.05, 0.1) is 6.54 Å². The Bertz CT molecular complexity index is 854. The normalized spacial score (nSPS) is 11.1. The van der Waals surface area contributed by atoms with E-state index < -0.39 is 0 Å². The minimum absolute atomic E-state index is 0. The van der Waals surface area contributed by atoms with E-state index in [9.17, 15) is 0 Å². The highest BCUT2D eigenvalue weighted by molar-refractivity contribution is 14.0. The summed E-state index contributed by atoms with van der Waals surface area (Å²) in [6, 6.07) is 16.2. The molecular formula is C20H23IN4O. The molecule has 0 aliphatic heterocycles. The maximum Gasteiger partial charge on any atom is 0.226 e. The summed E-state index contributed by atoms with van der Waals surface area (Å²) in [5.41, 5.74) is 11.0. The van der Waals surface area contributed by atoms with Gasteiger partial charge in [-0.25, -0.2) is 9.98 Å². The van der Waals surface area contributed by atoms with Crippen molar-refractivity contribution in [2.75, 3.05) is 5.32 Å². The molecule has 0 saturated heterocycles. The average molecular weight is 462 g/mol. The lowest BCUT2D eigenvalue weighted by atomic mass is 10.1. The molecule has 5 nitrogen and oxygen atoms in total. The molecule has 6 heteroatoms. The number of oxazole rings is 1. The molecule has 3 aromatic rings. The zero-order valence-electron chi connectivity index (χ0n) is 14.9. The summed E-state index contributed by atoms with van der Waals surface area (Å²) in [6.45, 7) is 4.54. The van der Waals surface area contributed by atoms with Crippen LogP contribution in [0.2, 0.25) is 0 Å². The highest BCUT2D eigenvalue weighted by Gasteiger charge is 2.06. The van der Waals surface area contributed by atoms with Gasteiger partial charge < -0.3 is 15.5 Å². The van der Waals surface area contributed by atoms with Crippen LogP contribution in [0.5, 0.6) is 0 Å². The number of anilines is 1. The summed E-state index contributed by atoms with van der Waals surface area (Å²) < 4.78 is 5.53. The maximum absolute atomic E-state index is 5.94. The molecule has 0 fully saturated rings. The van der Waals surface area contributed by atoms with E-state index in [4.69, 9.17) is 10.2 Å². The molecule has 0 unspecified atom stereocenters. The molecule has 0 atom stereocenters. The summed E-state index contributed by atoms with van der Waals surface area (Å²) in [6.07, 6.45) is 2.63. The van der Waals surface area contributed by atoms with Gasteiger partial charge in [0.15, 0.2) is 5.96 Å². The fourth-order valence-corrected chi connectivity index (χ4v) is 2.39. The Morgan fingerprint density at radius 3 is 2.46 bits per heavy atom. The lowest BCUT2D eigenvalue weighted by Gasteiger charge is -2.05. The number of halogens is 1. The minimum Gasteiger partial charge on any atom is -0.444 e. The van der Waals surface area contributed by atoms with Crippen molar-refractivity contribution in [3.05, 3.63) is 71.6 Å². The van der Waals surface area contributed by atoms with Crippen LogP contribution in [0.1, 0.15) is 23.7 Å². The van der Waals surface area contributed by atoms with E-state index in [2.05, 4.69) is 34.3 Å². The van der Waals surface area contributed by atoms with Gasteiger partial charge in [-0.2, -0.15) is 0 Å². The number of nitrogens with two attached hydrogens (primary N) is 1. The van der Waals surface area contributed by atoms with E-state index in [0.29, 0.717) is 18.4 Å². The van der Waals surface area contributed by atoms with Crippen LogP contribution in [0.3, 0.4) is 0 Å². The van der Waals surface area contributed by atoms with E-state index in [1.807, 2.05) is 43.3 Å². The van der Waals surface area contributed by atoms with Gasteiger partial charge in [0.2, 0.25) is 5.89 Å². The number of nitrogens with one attached hydrogen (secondary N) is 1. The first kappa shape index (κ1) is 20.0. The van der Waals surface area contributed by atoms with E-state index in [1.54, 1.807) is 6.26 Å². The molecule has 0 amide bonds. The van der Waals surface area contributed by atoms with Crippen LogP contribution >= 0.6 is 24.0 Å². The first-order valence-electron chi connectivity index (χ1n) is 8.31. The Morgan fingerprint density at radius 2 is 1.81 bits per heavy atom. The molecule has 1 aromatic heterocycles. The molecular weight excluding hydrogens is 439 g/mol. The van der Waals surface area contributed by atoms with Gasteiger partial charge in [0, 0.05) is 11.3 Å². The van der Waals surface area contributed by atoms with E-state index in [1.165, 1.54) is 11.1 Å². The molecule has 3 rings (SSSR count). The van der Waals surface area contributed by atoms with Gasteiger partial charge >= 0.3 is 0 Å². The zero-order valence-corrected chi connectivity index (χ0v) is 17.2. The van der Waals surface area contributed by atoms with Crippen LogP contribution in [0, 0.1) is 6.92 Å². The Morgan fingerprint density at radius 1 is 1.12 bits per heavy atom. The number of benzene rings is 2. The summed E-state index contributed by atoms with van der Waals surface area (Å²) in [7, 11) is 0. The molecule has 1 heterocycles. The molecule has 0 saturated carbocycles. The fraction of sp³-hybridized carbons (Fsp3) is 0.200. The van der Waals surface area contributed by atoms with Crippen molar-refractivity contribution in [2.24, 2.45) is 10.7 Å². The second-order valence-corrected chi connectivity index (χ2v) is 5.89. The third-order valence-corrected chi connectivity index (χ3v) is 3.90. The van der Waals surface area contributed by atoms with Crippen LogP contribution in [0.25, 0.3) is 11.5 Å². The van der Waals surface area contributed by atoms with Crippen molar-refractivity contribution < 1.29 is 4.42 Å². The second-order valence-electron chi connectivity index (χ2n) is 5.89. The van der Waals surface area contributed by atoms with E-state index >= 15 is 0 Å². The first-order valence-corrected chi connectivity index (χ1v) is 8.31. The largest absolute Gasteiger partial charge is 0.444 e. The monoisotopic (exact) mass is 462 g/mol. The van der Waals surface area contributed by atoms with Crippen LogP contribution in [0.4, 0.5) is 5.69 Å². The molecule has 0 aliphatic carbocycles. The summed E-state index contributed by atoms with van der Waals surface area (Å²) in [5, 5.41) is 3.08. The van der Waals surface area contributed by atoms with Crippen LogP contribution in [0.15, 0.2) is 64.2 Å². The number of hydrogen-bond donors (Lipinski definition) is 2. The summed E-state index contributed by atoms with van der Waals surface area (Å²) >= 11 is 0. The standard InChI is InChI=1S/C20H22N4O.HI/c1-3-15-6-10-17(11-7-15)24-20(21)22-12-18-13-25-19(23-18)16-8-4-14(2)5-9-16;/h4-11,13H,3,12H2,1-2H3,(H3,21,22,24);1H. The molecule has 3 N–H and O–H groups in total. The highest BCUT2D eigenvalue weighted by Crippen LogP contribution is 2.19. The Kier molecular flexibility index (Phi) is 7.20. The number of rotatable bonds is 5. The smallest absolute Gasteiger partial charge is 0.226 e. The van der Waals surface area contributed by atoms with Crippen molar-refractivity contribution >= 4 is 35.6 Å². The van der Waals surface area contributed by atoms with Crippen molar-refractivity contribution in [3.8, 4) is 11.5 Å². The third kappa shape index (κ3) is 5.32. The van der Waals surface area contributed by atoms with Gasteiger partial charge in [-0.3, -0.25) is 0 Å². The number of nitrogens with zero attached hydrogens (tertiary/aromatic N) is 2. The molecule has 0 aliphatic rings. The van der Waals surface area contributed by atoms with Crippen LogP contribution < -0.4 is 11.1 Å². The van der Waals surface area contributed by atoms with E-state index in [0.717, 1.165) is 23.4 Å². The maximum atomic E-state index is 5.94. The lowest BCUT2D eigenvalue weighted by Crippen LogP contribution is -2.22. The number of aryl methyl sites for hydroxylation is 2. The lowest BCUT2D eigenvalue weighted by molar-refractivity contribution is 0.572. The summed E-state index contributed by atoms with van der Waals surface area (Å²) in [5.74, 6) is 0.941. The minimum atomic E-state index is 0. The molecule has 136 valence electrons. The molecule has 26 heavy (non-hydrogen) atoms. The quantitative estimate of drug-likeness (QED) is 0.326. The Balaban J connectivity index is 0.00000243. The van der Waals surface area contributed by atoms with Crippen LogP contribution in [-0.2, 0) is 13.0 Å². The fourth-order valence-electron chi connectivity index (χ4n) is 2.39. The number of aromatic nitrogens is 1. The highest BCUT2D eigenvalue weighted by atomic mass is 127. The first-order chi connectivity index (χ1) is 12.1. The van der Waals surface area contributed by atoms with Gasteiger partial charge in [0.1, 0.15) is 12.0 Å². The summed E-state index contributed by atoms with van der Waals surface area (Å²) in [4.78, 5) is 8.77. The zero-order chi connectivity index (χ0) is 17.6. The number of aliphatic imine (C=N–C) groups is 1. The number of guanidine groups is 1. The number of hydrogen-bond acceptors (Lipinski definition) is 3. The topological polar surface area (TPSA) is 76.4 Å². The predicted octanol–water partition coefficient (Wildman–Crippen LogP) is 4.76. The van der Waals surface area contributed by atoms with Gasteiger partial charge in [-0.15, -0.1) is 24.0 Å². The van der Waals surface area contributed by atoms with Crippen molar-refractivity contribution in [3.63, 3.8) is 0 Å². The molecule has 0 spiro atoms. The molecule has 0 radical (unpaired) electrons. The Hall–Kier alpha value is -2.35. The molecule has 2 aromatic carbocycles. The Labute approximate surface area is 170 Å². The average Bonchev–Trinajstić information content (AvgIpc) is 3.10. The van der Waals surface area contributed by atoms with Gasteiger partial charge in [0.25, 0.3) is 0 Å². The predicted molar refractivity (Wildman–Crippen MR) is 117 cm³/mol. The van der Waals surface area contributed by atoms with Crippen molar-refractivity contribution in [1.29, 1.82) is 0 Å². The van der Waals surface area contributed by atoms with Crippen molar-refractivity contribution in [1.82, 2.24) is 4.98 Å². The van der Waals surface area contributed by atoms with Gasteiger partial charge in [-0.1, -0.05) is 36.8 Å². The molecule has 0 bridgehead atoms. The van der Waals surface area contributed by atoms with Gasteiger partial charge in [-0.05, 0) is 43.2 Å². The van der Waals surface area contributed by atoms with E-state index in [-0.39, 0.29) is 24.0 Å². The van der Waals surface area contributed by atoms with Crippen LogP contribution in [-0.4, -0.2) is 10.9 Å². The third-order valence-electron chi connectivity index (χ3n) is 3.90.